The molecule has 0 amide bonds. The lowest BCUT2D eigenvalue weighted by Crippen LogP contribution is -2.24. The molecule has 2 atom stereocenters. The fourth-order valence-corrected chi connectivity index (χ4v) is 1.46. The van der Waals surface area contributed by atoms with Gasteiger partial charge in [-0.2, -0.15) is 0 Å². The zero-order chi connectivity index (χ0) is 6.81. The Hall–Kier alpha value is -0.610. The molecule has 50 valence electrons. The number of rotatable bonds is 1. The zero-order valence-corrected chi connectivity index (χ0v) is 4.48. The maximum Gasteiger partial charge on any atom is 0.315 e. The van der Waals surface area contributed by atoms with Crippen molar-refractivity contribution >= 4 is 5.97 Å². The van der Waals surface area contributed by atoms with E-state index in [-0.39, 0.29) is 5.92 Å². The number of aliphatic hydroxyl groups is 2. The summed E-state index contributed by atoms with van der Waals surface area (Å²) in [5, 5.41) is 25.8. The highest BCUT2D eigenvalue weighted by Crippen LogP contribution is 2.74. The molecule has 2 fully saturated rings. The lowest BCUT2D eigenvalue weighted by atomic mass is 10.2. The summed E-state index contributed by atoms with van der Waals surface area (Å²) >= 11 is 0. The molecule has 2 rings (SSSR count). The first-order valence-electron chi connectivity index (χ1n) is 2.73. The van der Waals surface area contributed by atoms with Crippen molar-refractivity contribution in [2.24, 2.45) is 11.3 Å². The van der Waals surface area contributed by atoms with Gasteiger partial charge in [-0.05, 0) is 0 Å². The van der Waals surface area contributed by atoms with Crippen LogP contribution in [0.5, 0.6) is 0 Å². The van der Waals surface area contributed by atoms with Crippen LogP contribution >= 0.6 is 0 Å². The maximum absolute atomic E-state index is 10.2. The van der Waals surface area contributed by atoms with Gasteiger partial charge < -0.3 is 15.3 Å². The SMILES string of the molecule is O=C(O)C12C(O)C1C2O. The molecule has 2 saturated carbocycles. The number of aliphatic carboxylic acids is 1. The molecule has 0 aromatic heterocycles. The van der Waals surface area contributed by atoms with Crippen molar-refractivity contribution in [2.75, 3.05) is 0 Å². The van der Waals surface area contributed by atoms with Crippen LogP contribution in [-0.4, -0.2) is 33.5 Å². The maximum atomic E-state index is 10.2. The molecule has 0 aliphatic heterocycles. The Balaban J connectivity index is 2.21. The van der Waals surface area contributed by atoms with Gasteiger partial charge in [-0.3, -0.25) is 4.79 Å². The molecule has 0 heterocycles. The molecular weight excluding hydrogens is 124 g/mol. The van der Waals surface area contributed by atoms with E-state index in [1.54, 1.807) is 0 Å². The minimum Gasteiger partial charge on any atom is -0.481 e. The smallest absolute Gasteiger partial charge is 0.315 e. The van der Waals surface area contributed by atoms with E-state index < -0.39 is 23.6 Å². The van der Waals surface area contributed by atoms with Gasteiger partial charge in [-0.25, -0.2) is 0 Å². The number of hydrogen-bond acceptors (Lipinski definition) is 3. The van der Waals surface area contributed by atoms with Gasteiger partial charge in [0.05, 0.1) is 12.2 Å². The third-order valence-corrected chi connectivity index (χ3v) is 2.36. The quantitative estimate of drug-likeness (QED) is 0.400. The summed E-state index contributed by atoms with van der Waals surface area (Å²) in [6, 6.07) is 0. The molecule has 2 aliphatic rings. The molecule has 0 saturated heterocycles. The minimum atomic E-state index is -1.14. The normalized spacial score (nSPS) is 60.4. The van der Waals surface area contributed by atoms with Gasteiger partial charge in [0.15, 0.2) is 0 Å². The van der Waals surface area contributed by atoms with Crippen LogP contribution in [0.15, 0.2) is 0 Å². The van der Waals surface area contributed by atoms with E-state index in [4.69, 9.17) is 15.3 Å². The lowest BCUT2D eigenvalue weighted by Gasteiger charge is -2.04. The highest BCUT2D eigenvalue weighted by atomic mass is 16.4. The number of fused-ring (bicyclic) bond motifs is 1. The number of hydrogen-bond donors (Lipinski definition) is 3. The fraction of sp³-hybridized carbons (Fsp3) is 0.800. The summed E-state index contributed by atoms with van der Waals surface area (Å²) < 4.78 is 0. The second kappa shape index (κ2) is 0.998. The first-order valence-corrected chi connectivity index (χ1v) is 2.73. The topological polar surface area (TPSA) is 77.8 Å². The van der Waals surface area contributed by atoms with Crippen LogP contribution in [0.25, 0.3) is 0 Å². The number of carboxylic acids is 1. The summed E-state index contributed by atoms with van der Waals surface area (Å²) in [4.78, 5) is 10.2. The van der Waals surface area contributed by atoms with Crippen molar-refractivity contribution in [2.45, 2.75) is 12.2 Å². The molecule has 0 bridgehead atoms. The van der Waals surface area contributed by atoms with Crippen LogP contribution in [0, 0.1) is 11.3 Å². The van der Waals surface area contributed by atoms with Gasteiger partial charge in [0.2, 0.25) is 0 Å². The fourth-order valence-electron chi connectivity index (χ4n) is 1.46. The van der Waals surface area contributed by atoms with Gasteiger partial charge in [0.25, 0.3) is 0 Å². The highest BCUT2D eigenvalue weighted by molar-refractivity contribution is 5.87. The summed E-state index contributed by atoms with van der Waals surface area (Å²) in [7, 11) is 0. The molecule has 2 unspecified atom stereocenters. The monoisotopic (exact) mass is 130 g/mol. The van der Waals surface area contributed by atoms with Gasteiger partial charge in [0, 0.05) is 5.92 Å². The Morgan fingerprint density at radius 2 is 1.78 bits per heavy atom. The third kappa shape index (κ3) is 0.286. The Labute approximate surface area is 50.7 Å². The standard InChI is InChI=1S/C5H6O4/c6-2-1-3(7)5(1,2)4(8)9/h1-3,6-7H,(H,8,9). The average Bonchev–Trinajstić information content (AvgIpc) is 2.55. The van der Waals surface area contributed by atoms with Crippen molar-refractivity contribution < 1.29 is 20.1 Å². The van der Waals surface area contributed by atoms with E-state index in [1.165, 1.54) is 0 Å². The molecule has 9 heavy (non-hydrogen) atoms. The van der Waals surface area contributed by atoms with E-state index >= 15 is 0 Å². The van der Waals surface area contributed by atoms with E-state index in [0.717, 1.165) is 0 Å². The number of carboxylic acid groups (broad SMARTS) is 1. The predicted molar refractivity (Wildman–Crippen MR) is 25.6 cm³/mol. The first kappa shape index (κ1) is 5.20. The van der Waals surface area contributed by atoms with Gasteiger partial charge in [0.1, 0.15) is 5.41 Å². The first-order chi connectivity index (χ1) is 4.13. The Kier molecular flexibility index (Phi) is 0.576. The van der Waals surface area contributed by atoms with Crippen molar-refractivity contribution in [3.05, 3.63) is 0 Å². The minimum absolute atomic E-state index is 0.366. The lowest BCUT2D eigenvalue weighted by molar-refractivity contribution is -0.144. The van der Waals surface area contributed by atoms with E-state index in [0.29, 0.717) is 0 Å². The number of aliphatic hydroxyl groups excluding tert-OH is 2. The van der Waals surface area contributed by atoms with E-state index in [1.807, 2.05) is 0 Å². The molecule has 2 aliphatic carbocycles. The summed E-state index contributed by atoms with van der Waals surface area (Å²) in [5.41, 5.74) is -1.14. The largest absolute Gasteiger partial charge is 0.481 e. The van der Waals surface area contributed by atoms with Gasteiger partial charge in [-0.1, -0.05) is 0 Å². The Morgan fingerprint density at radius 3 is 1.78 bits per heavy atom. The van der Waals surface area contributed by atoms with Crippen molar-refractivity contribution in [3.8, 4) is 0 Å². The third-order valence-electron chi connectivity index (χ3n) is 2.36. The second-order valence-corrected chi connectivity index (χ2v) is 2.65. The van der Waals surface area contributed by atoms with Crippen LogP contribution in [0.4, 0.5) is 0 Å². The Morgan fingerprint density at radius 1 is 1.33 bits per heavy atom. The summed E-state index contributed by atoms with van der Waals surface area (Å²) in [5.74, 6) is -1.44. The molecule has 0 aromatic carbocycles. The Bertz CT molecular complexity index is 177. The summed E-state index contributed by atoms with van der Waals surface area (Å²) in [6.07, 6.45) is -1.57. The highest BCUT2D eigenvalue weighted by Gasteiger charge is 2.92. The van der Waals surface area contributed by atoms with Crippen LogP contribution in [0.2, 0.25) is 0 Å². The summed E-state index contributed by atoms with van der Waals surface area (Å²) in [6.45, 7) is 0. The van der Waals surface area contributed by atoms with E-state index in [2.05, 4.69) is 0 Å². The molecule has 0 radical (unpaired) electrons. The average molecular weight is 130 g/mol. The van der Waals surface area contributed by atoms with Crippen molar-refractivity contribution in [3.63, 3.8) is 0 Å². The van der Waals surface area contributed by atoms with Crippen LogP contribution in [-0.2, 0) is 4.79 Å². The van der Waals surface area contributed by atoms with Crippen LogP contribution in [0.1, 0.15) is 0 Å². The van der Waals surface area contributed by atoms with E-state index in [9.17, 15) is 4.79 Å². The number of carbonyl (C=O) groups is 1. The zero-order valence-electron chi connectivity index (χ0n) is 4.48. The predicted octanol–water partition coefficient (Wildman–Crippen LogP) is -1.58. The van der Waals surface area contributed by atoms with Crippen LogP contribution < -0.4 is 0 Å². The molecule has 0 aromatic rings. The van der Waals surface area contributed by atoms with Crippen molar-refractivity contribution in [1.29, 1.82) is 0 Å². The van der Waals surface area contributed by atoms with Gasteiger partial charge >= 0.3 is 5.97 Å². The molecule has 4 nitrogen and oxygen atoms in total. The molecule has 4 heteroatoms. The van der Waals surface area contributed by atoms with Gasteiger partial charge in [-0.15, -0.1) is 0 Å². The van der Waals surface area contributed by atoms with Crippen LogP contribution in [0.3, 0.4) is 0 Å². The molecule has 3 N–H and O–H groups in total. The van der Waals surface area contributed by atoms with Crippen molar-refractivity contribution in [1.82, 2.24) is 0 Å². The molecular formula is C5H6O4. The molecule has 0 spiro atoms. The second-order valence-electron chi connectivity index (χ2n) is 2.65.